The van der Waals surface area contributed by atoms with E-state index < -0.39 is 0 Å². The molecule has 0 aliphatic heterocycles. The standard InChI is InChI=1S/3ClH.3Na/h3*1H;;;/q;;;3*+1/p-3. The molecule has 0 fully saturated rings. The van der Waals surface area contributed by atoms with Crippen LogP contribution in [0.2, 0.25) is 0 Å². The fraction of sp³-hybridized carbons (Fsp3) is 0. The van der Waals surface area contributed by atoms with Crippen molar-refractivity contribution in [2.24, 2.45) is 0 Å². The summed E-state index contributed by atoms with van der Waals surface area (Å²) in [4.78, 5) is 0. The Morgan fingerprint density at radius 1 is 0.333 bits per heavy atom. The third-order valence-corrected chi connectivity index (χ3v) is 0. The fourth-order valence-electron chi connectivity index (χ4n) is 0. The molecular weight excluding hydrogens is 175 g/mol. The second kappa shape index (κ2) is 36.7. The van der Waals surface area contributed by atoms with Crippen LogP contribution in [0.5, 0.6) is 0 Å². The maximum absolute atomic E-state index is 0. The van der Waals surface area contributed by atoms with Crippen molar-refractivity contribution >= 4 is 0 Å². The molecule has 0 bridgehead atoms. The molecule has 0 radical (unpaired) electrons. The number of rotatable bonds is 0. The molecule has 0 saturated carbocycles. The Hall–Kier alpha value is 3.87. The van der Waals surface area contributed by atoms with Crippen LogP contribution < -0.4 is 126 Å². The van der Waals surface area contributed by atoms with E-state index in [4.69, 9.17) is 0 Å². The van der Waals surface area contributed by atoms with E-state index in [1.165, 1.54) is 0 Å². The minimum absolute atomic E-state index is 0. The molecule has 0 aliphatic carbocycles. The molecule has 0 amide bonds. The van der Waals surface area contributed by atoms with Gasteiger partial charge in [-0.2, -0.15) is 0 Å². The SMILES string of the molecule is [Cl-].[Cl-].[Cl-].[Na+].[Na+].[Na+]. The van der Waals surface area contributed by atoms with Gasteiger partial charge in [0.05, 0.1) is 0 Å². The second-order valence-corrected chi connectivity index (χ2v) is 0. The third-order valence-electron chi connectivity index (χ3n) is 0. The van der Waals surface area contributed by atoms with Crippen molar-refractivity contribution < 1.29 is 126 Å². The normalized spacial score (nSPS) is 0. The number of halogens is 3. The van der Waals surface area contributed by atoms with Crippen molar-refractivity contribution in [3.8, 4) is 0 Å². The zero-order chi connectivity index (χ0) is 0. The first-order chi connectivity index (χ1) is 0. The van der Waals surface area contributed by atoms with Crippen LogP contribution in [0.15, 0.2) is 0 Å². The Labute approximate surface area is 123 Å². The van der Waals surface area contributed by atoms with Gasteiger partial charge in [-0.3, -0.25) is 0 Å². The van der Waals surface area contributed by atoms with Crippen LogP contribution in [0.3, 0.4) is 0 Å². The molecule has 0 nitrogen and oxygen atoms in total. The summed E-state index contributed by atoms with van der Waals surface area (Å²) in [6.07, 6.45) is 0. The Bertz CT molecular complexity index is 6.00. The summed E-state index contributed by atoms with van der Waals surface area (Å²) >= 11 is 0. The van der Waals surface area contributed by atoms with E-state index in [0.29, 0.717) is 0 Å². The Kier molecular flexibility index (Phi) is 317. The average Bonchev–Trinajstić information content (AvgIpc) is 0. The summed E-state index contributed by atoms with van der Waals surface area (Å²) in [6, 6.07) is 0. The first-order valence-corrected chi connectivity index (χ1v) is 0. The van der Waals surface area contributed by atoms with Crippen LogP contribution in [0.25, 0.3) is 0 Å². The molecule has 6 heteroatoms. The molecule has 0 atom stereocenters. The molecule has 0 N–H and O–H groups in total. The molecule has 6 heavy (non-hydrogen) atoms. The average molecular weight is 175 g/mol. The van der Waals surface area contributed by atoms with E-state index in [0.717, 1.165) is 0 Å². The van der Waals surface area contributed by atoms with Crippen LogP contribution >= 0.6 is 0 Å². The fourth-order valence-corrected chi connectivity index (χ4v) is 0. The summed E-state index contributed by atoms with van der Waals surface area (Å²) in [5.74, 6) is 0. The van der Waals surface area contributed by atoms with Gasteiger partial charge in [0.1, 0.15) is 0 Å². The summed E-state index contributed by atoms with van der Waals surface area (Å²) < 4.78 is 0. The predicted octanol–water partition coefficient (Wildman–Crippen LogP) is -18.0. The molecule has 24 valence electrons. The Balaban J connectivity index is 0. The van der Waals surface area contributed by atoms with Gasteiger partial charge in [-0.05, 0) is 0 Å². The molecule has 0 aromatic carbocycles. The predicted molar refractivity (Wildman–Crippen MR) is 0 cm³/mol. The van der Waals surface area contributed by atoms with Crippen LogP contribution in [0, 0.1) is 0 Å². The van der Waals surface area contributed by atoms with Gasteiger partial charge in [-0.15, -0.1) is 0 Å². The van der Waals surface area contributed by atoms with E-state index in [9.17, 15) is 0 Å². The maximum Gasteiger partial charge on any atom is 1.00 e. The van der Waals surface area contributed by atoms with Gasteiger partial charge < -0.3 is 37.2 Å². The smallest absolute Gasteiger partial charge is 1.00 e. The van der Waals surface area contributed by atoms with E-state index in [1.54, 1.807) is 0 Å². The summed E-state index contributed by atoms with van der Waals surface area (Å²) in [6.45, 7) is 0. The molecule has 0 heterocycles. The second-order valence-electron chi connectivity index (χ2n) is 0. The molecule has 0 aromatic rings. The number of hydrogen-bond donors (Lipinski definition) is 0. The van der Waals surface area contributed by atoms with E-state index in [-0.39, 0.29) is 126 Å². The van der Waals surface area contributed by atoms with Crippen molar-refractivity contribution in [1.29, 1.82) is 0 Å². The van der Waals surface area contributed by atoms with Crippen LogP contribution in [-0.4, -0.2) is 0 Å². The third kappa shape index (κ3) is 24.8. The van der Waals surface area contributed by atoms with Crippen molar-refractivity contribution in [3.05, 3.63) is 0 Å². The molecule has 0 spiro atoms. The Morgan fingerprint density at radius 3 is 0.333 bits per heavy atom. The summed E-state index contributed by atoms with van der Waals surface area (Å²) in [7, 11) is 0. The van der Waals surface area contributed by atoms with Gasteiger partial charge in [-0.25, -0.2) is 0 Å². The van der Waals surface area contributed by atoms with E-state index in [2.05, 4.69) is 0 Å². The van der Waals surface area contributed by atoms with Gasteiger partial charge in [0.25, 0.3) is 0 Å². The molecule has 0 aromatic heterocycles. The van der Waals surface area contributed by atoms with Crippen LogP contribution in [0.4, 0.5) is 0 Å². The zero-order valence-corrected chi connectivity index (χ0v) is 12.4. The molecule has 0 unspecified atom stereocenters. The topological polar surface area (TPSA) is 0 Å². The molecule has 0 saturated heterocycles. The minimum Gasteiger partial charge on any atom is -1.00 e. The zero-order valence-electron chi connectivity index (χ0n) is 4.13. The van der Waals surface area contributed by atoms with Gasteiger partial charge in [0.2, 0.25) is 0 Å². The van der Waals surface area contributed by atoms with E-state index >= 15 is 0 Å². The molecule has 0 rings (SSSR count). The first kappa shape index (κ1) is 51.8. The van der Waals surface area contributed by atoms with Crippen molar-refractivity contribution in [2.45, 2.75) is 0 Å². The van der Waals surface area contributed by atoms with Crippen molar-refractivity contribution in [2.75, 3.05) is 0 Å². The van der Waals surface area contributed by atoms with Crippen molar-refractivity contribution in [3.63, 3.8) is 0 Å². The molecule has 0 aliphatic rings. The Morgan fingerprint density at radius 2 is 0.333 bits per heavy atom. The summed E-state index contributed by atoms with van der Waals surface area (Å²) in [5.41, 5.74) is 0. The van der Waals surface area contributed by atoms with Gasteiger partial charge in [0, 0.05) is 0 Å². The first-order valence-electron chi connectivity index (χ1n) is 0. The van der Waals surface area contributed by atoms with Gasteiger partial charge in [-0.1, -0.05) is 0 Å². The van der Waals surface area contributed by atoms with Gasteiger partial charge in [0.15, 0.2) is 0 Å². The quantitative estimate of drug-likeness (QED) is 0.321. The van der Waals surface area contributed by atoms with Crippen LogP contribution in [0.1, 0.15) is 0 Å². The largest absolute Gasteiger partial charge is 1.00 e. The summed E-state index contributed by atoms with van der Waals surface area (Å²) in [5, 5.41) is 0. The van der Waals surface area contributed by atoms with E-state index in [1.807, 2.05) is 0 Å². The van der Waals surface area contributed by atoms with Crippen molar-refractivity contribution in [1.82, 2.24) is 0 Å². The maximum atomic E-state index is 0. The minimum atomic E-state index is 0. The monoisotopic (exact) mass is 174 g/mol. The van der Waals surface area contributed by atoms with Crippen LogP contribution in [-0.2, 0) is 0 Å². The number of hydrogen-bond acceptors (Lipinski definition) is 0. The van der Waals surface area contributed by atoms with Gasteiger partial charge >= 0.3 is 88.7 Å². The molecular formula is Cl3Na3.